The number of rotatable bonds is 4. The largest absolute Gasteiger partial charge is 0.481 e. The number of aromatic amines is 1. The summed E-state index contributed by atoms with van der Waals surface area (Å²) in [5.74, 6) is -1.09. The normalized spacial score (nSPS) is 17.9. The molecule has 92 valence electrons. The van der Waals surface area contributed by atoms with Crippen LogP contribution in [0.4, 0.5) is 0 Å². The summed E-state index contributed by atoms with van der Waals surface area (Å²) in [6, 6.07) is 3.42. The highest BCUT2D eigenvalue weighted by Gasteiger charge is 2.37. The fraction of sp³-hybridized carbons (Fsp3) is 0.500. The molecule has 1 heterocycles. The molecule has 5 heteroatoms. The highest BCUT2D eigenvalue weighted by atomic mass is 16.4. The van der Waals surface area contributed by atoms with Crippen LogP contribution in [0.15, 0.2) is 18.3 Å². The topological polar surface area (TPSA) is 82.2 Å². The lowest BCUT2D eigenvalue weighted by Crippen LogP contribution is -2.47. The molecular formula is C12H16N2O3. The Morgan fingerprint density at radius 3 is 2.65 bits per heavy atom. The number of aromatic nitrogens is 1. The van der Waals surface area contributed by atoms with Crippen LogP contribution in [0.2, 0.25) is 0 Å². The van der Waals surface area contributed by atoms with E-state index in [0.29, 0.717) is 5.69 Å². The molecule has 17 heavy (non-hydrogen) atoms. The molecule has 0 atom stereocenters. The van der Waals surface area contributed by atoms with Gasteiger partial charge in [0, 0.05) is 6.20 Å². The Labute approximate surface area is 99.2 Å². The van der Waals surface area contributed by atoms with Gasteiger partial charge in [0.1, 0.15) is 5.69 Å². The van der Waals surface area contributed by atoms with E-state index in [1.165, 1.54) is 0 Å². The fourth-order valence-corrected chi connectivity index (χ4v) is 2.47. The van der Waals surface area contributed by atoms with E-state index in [9.17, 15) is 9.59 Å². The molecule has 1 aliphatic carbocycles. The summed E-state index contributed by atoms with van der Waals surface area (Å²) >= 11 is 0. The van der Waals surface area contributed by atoms with Crippen molar-refractivity contribution in [2.45, 2.75) is 37.6 Å². The van der Waals surface area contributed by atoms with Gasteiger partial charge in [0.05, 0.1) is 12.0 Å². The molecule has 0 aliphatic heterocycles. The summed E-state index contributed by atoms with van der Waals surface area (Å²) in [5, 5.41) is 11.8. The minimum absolute atomic E-state index is 0.000547. The summed E-state index contributed by atoms with van der Waals surface area (Å²) in [7, 11) is 0. The molecular weight excluding hydrogens is 220 g/mol. The van der Waals surface area contributed by atoms with Crippen LogP contribution in [-0.2, 0) is 4.79 Å². The average molecular weight is 236 g/mol. The second kappa shape index (κ2) is 4.61. The molecule has 0 unspecified atom stereocenters. The maximum atomic E-state index is 11.9. The van der Waals surface area contributed by atoms with Gasteiger partial charge in [-0.15, -0.1) is 0 Å². The monoisotopic (exact) mass is 236 g/mol. The van der Waals surface area contributed by atoms with Gasteiger partial charge in [-0.2, -0.15) is 0 Å². The van der Waals surface area contributed by atoms with Crippen molar-refractivity contribution in [3.05, 3.63) is 24.0 Å². The number of carbonyl (C=O) groups is 2. The first-order valence-electron chi connectivity index (χ1n) is 5.79. The highest BCUT2D eigenvalue weighted by Crippen LogP contribution is 2.32. The van der Waals surface area contributed by atoms with Gasteiger partial charge in [0.2, 0.25) is 0 Å². The van der Waals surface area contributed by atoms with Crippen LogP contribution in [0.25, 0.3) is 0 Å². The van der Waals surface area contributed by atoms with Gasteiger partial charge in [-0.05, 0) is 25.0 Å². The van der Waals surface area contributed by atoms with Crippen molar-refractivity contribution in [1.82, 2.24) is 10.3 Å². The highest BCUT2D eigenvalue weighted by molar-refractivity contribution is 5.93. The lowest BCUT2D eigenvalue weighted by molar-refractivity contribution is -0.138. The van der Waals surface area contributed by atoms with E-state index in [4.69, 9.17) is 5.11 Å². The van der Waals surface area contributed by atoms with Gasteiger partial charge in [-0.3, -0.25) is 9.59 Å². The van der Waals surface area contributed by atoms with Gasteiger partial charge in [-0.1, -0.05) is 12.8 Å². The molecule has 0 radical (unpaired) electrons. The molecule has 2 rings (SSSR count). The van der Waals surface area contributed by atoms with Crippen LogP contribution < -0.4 is 5.32 Å². The Morgan fingerprint density at radius 2 is 2.12 bits per heavy atom. The van der Waals surface area contributed by atoms with Crippen LogP contribution in [0, 0.1) is 0 Å². The molecule has 0 aromatic carbocycles. The number of hydrogen-bond acceptors (Lipinski definition) is 2. The summed E-state index contributed by atoms with van der Waals surface area (Å²) < 4.78 is 0. The molecule has 1 aromatic rings. The number of carbonyl (C=O) groups excluding carboxylic acids is 1. The van der Waals surface area contributed by atoms with Crippen LogP contribution in [-0.4, -0.2) is 27.5 Å². The SMILES string of the molecule is O=C(O)CC1(NC(=O)c2ccc[nH]2)CCCC1. The zero-order chi connectivity index (χ0) is 12.3. The molecule has 1 aliphatic rings. The number of carboxylic acid groups (broad SMARTS) is 1. The quantitative estimate of drug-likeness (QED) is 0.741. The second-order valence-corrected chi connectivity index (χ2v) is 4.60. The van der Waals surface area contributed by atoms with Crippen LogP contribution in [0.3, 0.4) is 0 Å². The molecule has 0 saturated heterocycles. The summed E-state index contributed by atoms with van der Waals surface area (Å²) in [6.45, 7) is 0. The summed E-state index contributed by atoms with van der Waals surface area (Å²) in [4.78, 5) is 25.6. The predicted molar refractivity (Wildman–Crippen MR) is 61.7 cm³/mol. The third kappa shape index (κ3) is 2.67. The molecule has 0 bridgehead atoms. The Kier molecular flexibility index (Phi) is 3.17. The molecule has 1 aromatic heterocycles. The minimum atomic E-state index is -0.862. The van der Waals surface area contributed by atoms with Crippen molar-refractivity contribution in [3.8, 4) is 0 Å². The first-order chi connectivity index (χ1) is 8.11. The van der Waals surface area contributed by atoms with Gasteiger partial charge >= 0.3 is 5.97 Å². The summed E-state index contributed by atoms with van der Waals surface area (Å²) in [5.41, 5.74) is -0.0877. The second-order valence-electron chi connectivity index (χ2n) is 4.60. The third-order valence-corrected chi connectivity index (χ3v) is 3.27. The van der Waals surface area contributed by atoms with Crippen molar-refractivity contribution >= 4 is 11.9 Å². The third-order valence-electron chi connectivity index (χ3n) is 3.27. The molecule has 1 amide bonds. The lowest BCUT2D eigenvalue weighted by atomic mass is 9.93. The number of hydrogen-bond donors (Lipinski definition) is 3. The van der Waals surface area contributed by atoms with E-state index in [1.54, 1.807) is 18.3 Å². The number of aliphatic carboxylic acids is 1. The standard InChI is InChI=1S/C12H16N2O3/c15-10(16)8-12(5-1-2-6-12)14-11(17)9-4-3-7-13-9/h3-4,7,13H,1-2,5-6,8H2,(H,14,17)(H,15,16). The first-order valence-corrected chi connectivity index (χ1v) is 5.79. The fourth-order valence-electron chi connectivity index (χ4n) is 2.47. The van der Waals surface area contributed by atoms with Crippen LogP contribution in [0.5, 0.6) is 0 Å². The average Bonchev–Trinajstić information content (AvgIpc) is 2.86. The Bertz CT molecular complexity index is 405. The Morgan fingerprint density at radius 1 is 1.41 bits per heavy atom. The molecule has 5 nitrogen and oxygen atoms in total. The van der Waals surface area contributed by atoms with Crippen LogP contribution in [0.1, 0.15) is 42.6 Å². The number of H-pyrrole nitrogens is 1. The zero-order valence-electron chi connectivity index (χ0n) is 9.53. The van der Waals surface area contributed by atoms with Gasteiger partial charge in [-0.25, -0.2) is 0 Å². The molecule has 1 saturated carbocycles. The minimum Gasteiger partial charge on any atom is -0.481 e. The van der Waals surface area contributed by atoms with E-state index in [2.05, 4.69) is 10.3 Å². The van der Waals surface area contributed by atoms with Crippen molar-refractivity contribution in [1.29, 1.82) is 0 Å². The van der Waals surface area contributed by atoms with E-state index in [0.717, 1.165) is 25.7 Å². The smallest absolute Gasteiger partial charge is 0.305 e. The van der Waals surface area contributed by atoms with Crippen molar-refractivity contribution in [2.24, 2.45) is 0 Å². The molecule has 1 fully saturated rings. The van der Waals surface area contributed by atoms with Crippen molar-refractivity contribution in [3.63, 3.8) is 0 Å². The number of amides is 1. The van der Waals surface area contributed by atoms with E-state index < -0.39 is 11.5 Å². The Hall–Kier alpha value is -1.78. The van der Waals surface area contributed by atoms with Gasteiger partial charge in [0.25, 0.3) is 5.91 Å². The van der Waals surface area contributed by atoms with Crippen LogP contribution >= 0.6 is 0 Å². The van der Waals surface area contributed by atoms with Gasteiger partial charge < -0.3 is 15.4 Å². The number of carboxylic acids is 1. The van der Waals surface area contributed by atoms with E-state index in [1.807, 2.05) is 0 Å². The lowest BCUT2D eigenvalue weighted by Gasteiger charge is -2.28. The van der Waals surface area contributed by atoms with Crippen molar-refractivity contribution < 1.29 is 14.7 Å². The van der Waals surface area contributed by atoms with E-state index >= 15 is 0 Å². The van der Waals surface area contributed by atoms with Crippen molar-refractivity contribution in [2.75, 3.05) is 0 Å². The first kappa shape index (κ1) is 11.7. The molecule has 3 N–H and O–H groups in total. The van der Waals surface area contributed by atoms with Gasteiger partial charge in [0.15, 0.2) is 0 Å². The molecule has 0 spiro atoms. The van der Waals surface area contributed by atoms with E-state index in [-0.39, 0.29) is 12.3 Å². The predicted octanol–water partition coefficient (Wildman–Crippen LogP) is 1.53. The summed E-state index contributed by atoms with van der Waals surface area (Å²) in [6.07, 6.45) is 5.10. The number of nitrogens with one attached hydrogen (secondary N) is 2. The maximum Gasteiger partial charge on any atom is 0.305 e. The zero-order valence-corrected chi connectivity index (χ0v) is 9.53. The maximum absolute atomic E-state index is 11.9. The Balaban J connectivity index is 2.08.